The molecule has 148 valence electrons. The molecule has 0 saturated carbocycles. The molecule has 0 fully saturated rings. The van der Waals surface area contributed by atoms with E-state index in [1.165, 1.54) is 0 Å². The highest BCUT2D eigenvalue weighted by Crippen LogP contribution is 2.33. The Labute approximate surface area is 165 Å². The van der Waals surface area contributed by atoms with Gasteiger partial charge in [0.15, 0.2) is 0 Å². The van der Waals surface area contributed by atoms with E-state index < -0.39 is 23.4 Å². The van der Waals surface area contributed by atoms with Gasteiger partial charge in [0, 0.05) is 39.5 Å². The normalized spacial score (nSPS) is 11.4. The Bertz CT molecular complexity index is 1240. The molecule has 0 radical (unpaired) electrons. The number of hydrogen-bond donors (Lipinski definition) is 1. The SMILES string of the molecule is CCCc1ccc2c3c(C(N)=O)cccc3n(Cc3c(F)cc(F)cc3F)c2c1. The van der Waals surface area contributed by atoms with Gasteiger partial charge in [0.1, 0.15) is 17.5 Å². The molecule has 0 bridgehead atoms. The molecule has 0 aliphatic heterocycles. The van der Waals surface area contributed by atoms with Crippen molar-refractivity contribution in [3.05, 3.63) is 82.7 Å². The van der Waals surface area contributed by atoms with Crippen LogP contribution in [0.4, 0.5) is 13.2 Å². The molecule has 4 aromatic rings. The highest BCUT2D eigenvalue weighted by molar-refractivity contribution is 6.18. The summed E-state index contributed by atoms with van der Waals surface area (Å²) in [5.74, 6) is -3.44. The molecule has 3 nitrogen and oxygen atoms in total. The molecular weight excluding hydrogens is 377 g/mol. The van der Waals surface area contributed by atoms with Crippen LogP contribution in [-0.2, 0) is 13.0 Å². The zero-order valence-corrected chi connectivity index (χ0v) is 15.8. The second-order valence-electron chi connectivity index (χ2n) is 7.10. The third kappa shape index (κ3) is 3.24. The quantitative estimate of drug-likeness (QED) is 0.488. The van der Waals surface area contributed by atoms with Gasteiger partial charge in [-0.05, 0) is 30.2 Å². The van der Waals surface area contributed by atoms with Crippen LogP contribution in [0.3, 0.4) is 0 Å². The lowest BCUT2D eigenvalue weighted by atomic mass is 10.0. The summed E-state index contributed by atoms with van der Waals surface area (Å²) in [6.07, 6.45) is 1.79. The van der Waals surface area contributed by atoms with Crippen LogP contribution in [0.25, 0.3) is 21.8 Å². The molecule has 1 aromatic heterocycles. The monoisotopic (exact) mass is 396 g/mol. The lowest BCUT2D eigenvalue weighted by Crippen LogP contribution is -2.11. The Hall–Kier alpha value is -3.28. The molecule has 4 rings (SSSR count). The van der Waals surface area contributed by atoms with E-state index in [1.807, 2.05) is 18.2 Å². The maximum Gasteiger partial charge on any atom is 0.249 e. The van der Waals surface area contributed by atoms with E-state index in [4.69, 9.17) is 5.73 Å². The Morgan fingerprint density at radius 1 is 1.00 bits per heavy atom. The molecule has 0 aliphatic rings. The number of benzene rings is 3. The maximum atomic E-state index is 14.3. The average Bonchev–Trinajstić information content (AvgIpc) is 2.97. The fourth-order valence-corrected chi connectivity index (χ4v) is 3.89. The lowest BCUT2D eigenvalue weighted by Gasteiger charge is -2.11. The molecule has 6 heteroatoms. The number of fused-ring (bicyclic) bond motifs is 3. The molecule has 0 unspecified atom stereocenters. The van der Waals surface area contributed by atoms with Crippen molar-refractivity contribution in [2.24, 2.45) is 5.73 Å². The third-order valence-electron chi connectivity index (χ3n) is 5.18. The zero-order chi connectivity index (χ0) is 20.7. The first-order valence-electron chi connectivity index (χ1n) is 9.37. The smallest absolute Gasteiger partial charge is 0.249 e. The number of carbonyl (C=O) groups excluding carboxylic acids is 1. The van der Waals surface area contributed by atoms with Crippen LogP contribution in [-0.4, -0.2) is 10.5 Å². The van der Waals surface area contributed by atoms with Crippen LogP contribution >= 0.6 is 0 Å². The van der Waals surface area contributed by atoms with Crippen LogP contribution in [0.2, 0.25) is 0 Å². The van der Waals surface area contributed by atoms with Crippen LogP contribution < -0.4 is 5.73 Å². The first kappa shape index (κ1) is 19.1. The van der Waals surface area contributed by atoms with Crippen molar-refractivity contribution >= 4 is 27.7 Å². The van der Waals surface area contributed by atoms with Gasteiger partial charge in [-0.1, -0.05) is 31.5 Å². The highest BCUT2D eigenvalue weighted by Gasteiger charge is 2.19. The minimum Gasteiger partial charge on any atom is -0.366 e. The van der Waals surface area contributed by atoms with E-state index in [9.17, 15) is 18.0 Å². The fourth-order valence-electron chi connectivity index (χ4n) is 3.89. The number of carbonyl (C=O) groups is 1. The Morgan fingerprint density at radius 2 is 1.72 bits per heavy atom. The number of halogens is 3. The largest absolute Gasteiger partial charge is 0.366 e. The average molecular weight is 396 g/mol. The third-order valence-corrected chi connectivity index (χ3v) is 5.18. The molecular formula is C23H19F3N2O. The van der Waals surface area contributed by atoms with Gasteiger partial charge in [0.25, 0.3) is 0 Å². The molecule has 2 N–H and O–H groups in total. The Morgan fingerprint density at radius 3 is 2.38 bits per heavy atom. The number of aromatic nitrogens is 1. The first-order valence-corrected chi connectivity index (χ1v) is 9.37. The van der Waals surface area contributed by atoms with Crippen molar-refractivity contribution in [3.63, 3.8) is 0 Å². The van der Waals surface area contributed by atoms with Gasteiger partial charge in [-0.25, -0.2) is 13.2 Å². The number of primary amides is 1. The van der Waals surface area contributed by atoms with Crippen LogP contribution in [0.15, 0.2) is 48.5 Å². The van der Waals surface area contributed by atoms with Gasteiger partial charge in [0.05, 0.1) is 12.1 Å². The number of nitrogens with two attached hydrogens (primary N) is 1. The topological polar surface area (TPSA) is 48.0 Å². The van der Waals surface area contributed by atoms with Crippen LogP contribution in [0, 0.1) is 17.5 Å². The number of nitrogens with zero attached hydrogens (tertiary/aromatic N) is 1. The number of aryl methyl sites for hydroxylation is 1. The van der Waals surface area contributed by atoms with E-state index in [0.717, 1.165) is 29.3 Å². The summed E-state index contributed by atoms with van der Waals surface area (Å²) in [5, 5.41) is 1.41. The van der Waals surface area contributed by atoms with Gasteiger partial charge >= 0.3 is 0 Å². The number of hydrogen-bond acceptors (Lipinski definition) is 1. The second-order valence-corrected chi connectivity index (χ2v) is 7.10. The fraction of sp³-hybridized carbons (Fsp3) is 0.174. The molecule has 1 amide bonds. The summed E-state index contributed by atoms with van der Waals surface area (Å²) in [7, 11) is 0. The van der Waals surface area contributed by atoms with Gasteiger partial charge in [-0.2, -0.15) is 0 Å². The van der Waals surface area contributed by atoms with Crippen molar-refractivity contribution in [1.29, 1.82) is 0 Å². The summed E-state index contributed by atoms with van der Waals surface area (Å²) in [6.45, 7) is 1.92. The molecule has 0 spiro atoms. The zero-order valence-electron chi connectivity index (χ0n) is 15.8. The van der Waals surface area contributed by atoms with Crippen molar-refractivity contribution in [2.75, 3.05) is 0 Å². The predicted octanol–water partition coefficient (Wildman–Crippen LogP) is 5.31. The van der Waals surface area contributed by atoms with Crippen molar-refractivity contribution in [2.45, 2.75) is 26.3 Å². The van der Waals surface area contributed by atoms with Gasteiger partial charge < -0.3 is 10.3 Å². The molecule has 0 aliphatic carbocycles. The number of amides is 1. The molecule has 29 heavy (non-hydrogen) atoms. The summed E-state index contributed by atoms with van der Waals surface area (Å²) in [4.78, 5) is 12.0. The minimum absolute atomic E-state index is 0.143. The minimum atomic E-state index is -0.966. The van der Waals surface area contributed by atoms with E-state index in [1.54, 1.807) is 22.8 Å². The van der Waals surface area contributed by atoms with Gasteiger partial charge in [-0.3, -0.25) is 4.79 Å². The molecule has 0 saturated heterocycles. The Balaban J connectivity index is 2.04. The van der Waals surface area contributed by atoms with E-state index in [-0.39, 0.29) is 12.1 Å². The van der Waals surface area contributed by atoms with Crippen molar-refractivity contribution in [1.82, 2.24) is 4.57 Å². The van der Waals surface area contributed by atoms with Gasteiger partial charge in [0.2, 0.25) is 5.91 Å². The van der Waals surface area contributed by atoms with E-state index >= 15 is 0 Å². The van der Waals surface area contributed by atoms with E-state index in [2.05, 4.69) is 6.92 Å². The standard InChI is InChI=1S/C23H19F3N2O/c1-2-4-13-7-8-15-21(9-13)28(12-17-18(25)10-14(24)11-19(17)26)20-6-3-5-16(22(15)20)23(27)29/h3,5-11H,2,4,12H2,1H3,(H2,27,29). The number of rotatable bonds is 5. The van der Waals surface area contributed by atoms with Crippen molar-refractivity contribution in [3.8, 4) is 0 Å². The van der Waals surface area contributed by atoms with Crippen LogP contribution in [0.1, 0.15) is 34.8 Å². The molecule has 3 aromatic carbocycles. The summed E-state index contributed by atoms with van der Waals surface area (Å²) < 4.78 is 43.8. The summed E-state index contributed by atoms with van der Waals surface area (Å²) in [5.41, 5.74) is 8.11. The lowest BCUT2D eigenvalue weighted by molar-refractivity contribution is 0.100. The van der Waals surface area contributed by atoms with Gasteiger partial charge in [-0.15, -0.1) is 0 Å². The first-order chi connectivity index (χ1) is 13.9. The highest BCUT2D eigenvalue weighted by atomic mass is 19.1. The summed E-state index contributed by atoms with van der Waals surface area (Å²) >= 11 is 0. The summed E-state index contributed by atoms with van der Waals surface area (Å²) in [6, 6.07) is 12.3. The molecule has 1 heterocycles. The second kappa shape index (κ2) is 7.28. The Kier molecular flexibility index (Phi) is 4.78. The van der Waals surface area contributed by atoms with Crippen molar-refractivity contribution < 1.29 is 18.0 Å². The van der Waals surface area contributed by atoms with E-state index in [0.29, 0.717) is 28.6 Å². The predicted molar refractivity (Wildman–Crippen MR) is 107 cm³/mol. The van der Waals surface area contributed by atoms with Crippen LogP contribution in [0.5, 0.6) is 0 Å². The molecule has 0 atom stereocenters. The maximum absolute atomic E-state index is 14.3.